The molecule has 29 heavy (non-hydrogen) atoms. The van der Waals surface area contributed by atoms with Crippen LogP contribution in [0.2, 0.25) is 0 Å². The fourth-order valence-corrected chi connectivity index (χ4v) is 4.52. The van der Waals surface area contributed by atoms with Gasteiger partial charge in [-0.2, -0.15) is 0 Å². The highest BCUT2D eigenvalue weighted by atomic mass is 16.5. The Morgan fingerprint density at radius 2 is 2.03 bits per heavy atom. The minimum atomic E-state index is -0.401. The number of ether oxygens (including phenoxy) is 1. The number of aliphatic hydroxyl groups excluding tert-OH is 2. The van der Waals surface area contributed by atoms with Crippen LogP contribution in [0.25, 0.3) is 0 Å². The van der Waals surface area contributed by atoms with Gasteiger partial charge in [-0.25, -0.2) is 4.79 Å². The molecule has 1 heterocycles. The Morgan fingerprint density at radius 3 is 2.69 bits per heavy atom. The summed E-state index contributed by atoms with van der Waals surface area (Å²) in [6.45, 7) is 9.08. The van der Waals surface area contributed by atoms with Gasteiger partial charge in [0.25, 0.3) is 0 Å². The Hall–Kier alpha value is -1.65. The lowest BCUT2D eigenvalue weighted by molar-refractivity contribution is -0.138. The second-order valence-electron chi connectivity index (χ2n) is 9.14. The van der Waals surface area contributed by atoms with Crippen molar-refractivity contribution in [3.05, 3.63) is 46.1 Å². The predicted molar refractivity (Wildman–Crippen MR) is 117 cm³/mol. The molecule has 0 fully saturated rings. The lowest BCUT2D eigenvalue weighted by Gasteiger charge is -2.35. The molecule has 1 atom stereocenters. The van der Waals surface area contributed by atoms with E-state index in [-0.39, 0.29) is 13.2 Å². The van der Waals surface area contributed by atoms with Crippen molar-refractivity contribution >= 4 is 5.97 Å². The Labute approximate surface area is 176 Å². The smallest absolute Gasteiger partial charge is 0.331 e. The van der Waals surface area contributed by atoms with Crippen molar-refractivity contribution in [2.24, 2.45) is 5.41 Å². The molecule has 0 unspecified atom stereocenters. The van der Waals surface area contributed by atoms with E-state index in [9.17, 15) is 15.0 Å². The van der Waals surface area contributed by atoms with Crippen LogP contribution in [0.15, 0.2) is 46.1 Å². The first-order valence-electron chi connectivity index (χ1n) is 10.9. The maximum absolute atomic E-state index is 11.3. The number of esters is 1. The zero-order valence-electron chi connectivity index (χ0n) is 18.6. The van der Waals surface area contributed by atoms with Crippen LogP contribution in [-0.2, 0) is 9.53 Å². The first-order chi connectivity index (χ1) is 13.8. The van der Waals surface area contributed by atoms with Crippen LogP contribution in [0, 0.1) is 5.41 Å². The monoisotopic (exact) mass is 402 g/mol. The first kappa shape index (κ1) is 23.6. The lowest BCUT2D eigenvalue weighted by Crippen LogP contribution is -2.20. The van der Waals surface area contributed by atoms with Crippen LogP contribution >= 0.6 is 0 Å². The largest absolute Gasteiger partial charge is 0.454 e. The topological polar surface area (TPSA) is 66.8 Å². The fourth-order valence-electron chi connectivity index (χ4n) is 4.52. The van der Waals surface area contributed by atoms with Crippen molar-refractivity contribution in [3.8, 4) is 0 Å². The van der Waals surface area contributed by atoms with Crippen LogP contribution in [0.3, 0.4) is 0 Å². The molecule has 0 amide bonds. The Bertz CT molecular complexity index is 706. The highest BCUT2D eigenvalue weighted by Gasteiger charge is 2.27. The van der Waals surface area contributed by atoms with Crippen LogP contribution < -0.4 is 0 Å². The summed E-state index contributed by atoms with van der Waals surface area (Å²) in [5.74, 6) is -0.400. The van der Waals surface area contributed by atoms with E-state index in [2.05, 4.69) is 33.8 Å². The highest BCUT2D eigenvalue weighted by molar-refractivity contribution is 5.85. The van der Waals surface area contributed by atoms with E-state index in [4.69, 9.17) is 4.74 Å². The number of hydrogen-bond acceptors (Lipinski definition) is 4. The van der Waals surface area contributed by atoms with Crippen molar-refractivity contribution in [1.29, 1.82) is 0 Å². The summed E-state index contributed by atoms with van der Waals surface area (Å²) in [6, 6.07) is 0. The van der Waals surface area contributed by atoms with E-state index >= 15 is 0 Å². The van der Waals surface area contributed by atoms with Gasteiger partial charge >= 0.3 is 5.97 Å². The summed E-state index contributed by atoms with van der Waals surface area (Å²) in [5.41, 5.74) is 6.52. The normalized spacial score (nSPS) is 22.8. The average molecular weight is 403 g/mol. The number of hydrogen-bond donors (Lipinski definition) is 2. The molecule has 0 radical (unpaired) electrons. The minimum Gasteiger partial charge on any atom is -0.454 e. The van der Waals surface area contributed by atoms with Crippen LogP contribution in [-0.4, -0.2) is 35.5 Å². The molecule has 2 rings (SSSR count). The van der Waals surface area contributed by atoms with Crippen molar-refractivity contribution < 1.29 is 19.7 Å². The van der Waals surface area contributed by atoms with E-state index in [0.29, 0.717) is 17.4 Å². The molecule has 2 N–H and O–H groups in total. The molecule has 1 aliphatic heterocycles. The summed E-state index contributed by atoms with van der Waals surface area (Å²) in [5, 5.41) is 18.9. The van der Waals surface area contributed by atoms with Gasteiger partial charge in [0.05, 0.1) is 13.2 Å². The van der Waals surface area contributed by atoms with Gasteiger partial charge in [-0.15, -0.1) is 0 Å². The molecule has 0 aromatic heterocycles. The second kappa shape index (κ2) is 10.9. The van der Waals surface area contributed by atoms with E-state index in [1.807, 2.05) is 6.08 Å². The molecule has 0 saturated carbocycles. The van der Waals surface area contributed by atoms with E-state index in [1.165, 1.54) is 30.9 Å². The summed E-state index contributed by atoms with van der Waals surface area (Å²) in [6.07, 6.45) is 13.4. The predicted octanol–water partition coefficient (Wildman–Crippen LogP) is 5.17. The zero-order chi connectivity index (χ0) is 21.4. The summed E-state index contributed by atoms with van der Waals surface area (Å²) in [7, 11) is 0. The summed E-state index contributed by atoms with van der Waals surface area (Å²) in [4.78, 5) is 11.3. The van der Waals surface area contributed by atoms with Crippen LogP contribution in [0.1, 0.15) is 79.1 Å². The van der Waals surface area contributed by atoms with Gasteiger partial charge in [-0.05, 0) is 69.8 Å². The quantitative estimate of drug-likeness (QED) is 0.391. The number of cyclic esters (lactones) is 1. The number of rotatable bonds is 10. The fraction of sp³-hybridized carbons (Fsp3) is 0.640. The van der Waals surface area contributed by atoms with Gasteiger partial charge in [0, 0.05) is 18.1 Å². The van der Waals surface area contributed by atoms with Gasteiger partial charge in [0.2, 0.25) is 0 Å². The number of allylic oxidation sites excluding steroid dienone is 4. The van der Waals surface area contributed by atoms with Gasteiger partial charge in [0.1, 0.15) is 6.10 Å². The molecular formula is C25H38O4. The lowest BCUT2D eigenvalue weighted by atomic mass is 9.71. The van der Waals surface area contributed by atoms with Gasteiger partial charge < -0.3 is 14.9 Å². The third-order valence-corrected chi connectivity index (χ3v) is 6.39. The molecule has 4 heteroatoms. The van der Waals surface area contributed by atoms with E-state index in [0.717, 1.165) is 31.3 Å². The van der Waals surface area contributed by atoms with Gasteiger partial charge in [0.15, 0.2) is 0 Å². The standard InChI is InChI=1S/C25H38O4/c1-18(10-12-22-19(2)8-6-14-25(22,3)4)7-5-9-20(16-26)11-13-23-21(17-27)15-24(28)29-23/h7,11,15,23,26-27H,5-6,8-10,12-14,16-17H2,1-4H3/b18-7+,20-11+/t23-/m1/s1. The molecule has 0 spiro atoms. The molecule has 4 nitrogen and oxygen atoms in total. The average Bonchev–Trinajstić information content (AvgIpc) is 3.03. The molecule has 2 aliphatic rings. The first-order valence-corrected chi connectivity index (χ1v) is 10.9. The summed E-state index contributed by atoms with van der Waals surface area (Å²) >= 11 is 0. The highest BCUT2D eigenvalue weighted by Crippen LogP contribution is 2.42. The van der Waals surface area contributed by atoms with Crippen molar-refractivity contribution in [3.63, 3.8) is 0 Å². The summed E-state index contributed by atoms with van der Waals surface area (Å²) < 4.78 is 5.18. The maximum atomic E-state index is 11.3. The van der Waals surface area contributed by atoms with Gasteiger partial charge in [-0.3, -0.25) is 0 Å². The van der Waals surface area contributed by atoms with Crippen LogP contribution in [0.5, 0.6) is 0 Å². The third-order valence-electron chi connectivity index (χ3n) is 6.39. The van der Waals surface area contributed by atoms with E-state index < -0.39 is 12.1 Å². The number of carbonyl (C=O) groups is 1. The van der Waals surface area contributed by atoms with E-state index in [1.54, 1.807) is 11.1 Å². The van der Waals surface area contributed by atoms with Crippen molar-refractivity contribution in [2.75, 3.05) is 13.2 Å². The third kappa shape index (κ3) is 6.97. The SMILES string of the molecule is CC1=C(CC/C(C)=C/CC/C(=C\C[C@H]2OC(=O)C=C2CO)CO)C(C)(C)CCC1. The molecule has 1 aliphatic carbocycles. The molecule has 0 aromatic rings. The minimum absolute atomic E-state index is 0.00595. The van der Waals surface area contributed by atoms with Crippen LogP contribution in [0.4, 0.5) is 0 Å². The van der Waals surface area contributed by atoms with Crippen molar-refractivity contribution in [2.45, 2.75) is 85.2 Å². The Balaban J connectivity index is 1.82. The second-order valence-corrected chi connectivity index (χ2v) is 9.14. The Morgan fingerprint density at radius 1 is 1.28 bits per heavy atom. The Kier molecular flexibility index (Phi) is 8.91. The molecular weight excluding hydrogens is 364 g/mol. The van der Waals surface area contributed by atoms with Gasteiger partial charge in [-0.1, -0.05) is 42.7 Å². The molecule has 162 valence electrons. The molecule has 0 bridgehead atoms. The molecule has 0 saturated heterocycles. The number of carbonyl (C=O) groups excluding carboxylic acids is 1. The van der Waals surface area contributed by atoms with Crippen molar-refractivity contribution in [1.82, 2.24) is 0 Å². The number of aliphatic hydroxyl groups is 2. The maximum Gasteiger partial charge on any atom is 0.331 e. The zero-order valence-corrected chi connectivity index (χ0v) is 18.6. The molecule has 0 aromatic carbocycles.